The number of rotatable bonds is 9. The van der Waals surface area contributed by atoms with Crippen LogP contribution in [0.15, 0.2) is 48.5 Å². The van der Waals surface area contributed by atoms with Crippen molar-refractivity contribution in [1.29, 1.82) is 0 Å². The Morgan fingerprint density at radius 3 is 2.33 bits per heavy atom. The van der Waals surface area contributed by atoms with Crippen molar-refractivity contribution in [1.82, 2.24) is 5.32 Å². The van der Waals surface area contributed by atoms with E-state index in [1.807, 2.05) is 57.2 Å². The fourth-order valence-electron chi connectivity index (χ4n) is 2.82. The average molecular weight is 391 g/mol. The van der Waals surface area contributed by atoms with Crippen molar-refractivity contribution >= 4 is 24.0 Å². The van der Waals surface area contributed by atoms with Crippen LogP contribution in [0.2, 0.25) is 0 Å². The van der Waals surface area contributed by atoms with Gasteiger partial charge in [-0.3, -0.25) is 4.79 Å². The van der Waals surface area contributed by atoms with Crippen LogP contribution < -0.4 is 15.8 Å². The third-order valence-electron chi connectivity index (χ3n) is 4.25. The van der Waals surface area contributed by atoms with E-state index in [0.717, 1.165) is 29.8 Å². The van der Waals surface area contributed by atoms with Crippen LogP contribution in [0.1, 0.15) is 44.7 Å². The van der Waals surface area contributed by atoms with Crippen molar-refractivity contribution < 1.29 is 9.53 Å². The Morgan fingerprint density at radius 2 is 1.70 bits per heavy atom. The minimum absolute atomic E-state index is 0. The van der Waals surface area contributed by atoms with Gasteiger partial charge in [0, 0.05) is 18.2 Å². The summed E-state index contributed by atoms with van der Waals surface area (Å²) in [4.78, 5) is 12.1. The van der Waals surface area contributed by atoms with Crippen LogP contribution in [-0.2, 0) is 17.6 Å². The van der Waals surface area contributed by atoms with E-state index >= 15 is 0 Å². The molecule has 0 radical (unpaired) electrons. The van der Waals surface area contributed by atoms with Crippen molar-refractivity contribution in [3.8, 4) is 5.75 Å². The number of nitrogens with two attached hydrogens (primary N) is 1. The lowest BCUT2D eigenvalue weighted by Crippen LogP contribution is -2.33. The summed E-state index contributed by atoms with van der Waals surface area (Å²) in [6.45, 7) is 6.08. The van der Waals surface area contributed by atoms with E-state index in [1.165, 1.54) is 5.56 Å². The van der Waals surface area contributed by atoms with Crippen LogP contribution in [0.25, 0.3) is 0 Å². The first kappa shape index (κ1) is 22.8. The van der Waals surface area contributed by atoms with Crippen LogP contribution in [-0.4, -0.2) is 18.1 Å². The Morgan fingerprint density at radius 1 is 1.04 bits per heavy atom. The summed E-state index contributed by atoms with van der Waals surface area (Å²) in [5, 5.41) is 3.07. The minimum Gasteiger partial charge on any atom is -0.491 e. The molecule has 0 saturated heterocycles. The fourth-order valence-corrected chi connectivity index (χ4v) is 2.82. The molecule has 0 fully saturated rings. The third kappa shape index (κ3) is 8.35. The quantitative estimate of drug-likeness (QED) is 0.617. The summed E-state index contributed by atoms with van der Waals surface area (Å²) in [5.41, 5.74) is 8.94. The molecule has 0 aliphatic heterocycles. The maximum absolute atomic E-state index is 12.1. The second-order valence-electron chi connectivity index (χ2n) is 7.02. The highest BCUT2D eigenvalue weighted by atomic mass is 35.5. The van der Waals surface area contributed by atoms with Crippen molar-refractivity contribution in [3.63, 3.8) is 0 Å². The summed E-state index contributed by atoms with van der Waals surface area (Å²) in [5.74, 6) is 0.965. The van der Waals surface area contributed by atoms with Crippen molar-refractivity contribution in [3.05, 3.63) is 59.7 Å². The van der Waals surface area contributed by atoms with Crippen molar-refractivity contribution in [2.24, 2.45) is 0 Å². The second kappa shape index (κ2) is 11.5. The molecule has 0 aromatic heterocycles. The lowest BCUT2D eigenvalue weighted by Gasteiger charge is -2.15. The zero-order valence-electron chi connectivity index (χ0n) is 16.4. The van der Waals surface area contributed by atoms with Gasteiger partial charge in [0.25, 0.3) is 0 Å². The molecule has 0 saturated carbocycles. The Balaban J connectivity index is 0.00000364. The highest BCUT2D eigenvalue weighted by Crippen LogP contribution is 2.16. The number of aryl methyl sites for hydroxylation is 2. The molecule has 3 N–H and O–H groups in total. The first-order chi connectivity index (χ1) is 12.4. The van der Waals surface area contributed by atoms with Crippen molar-refractivity contribution in [2.75, 3.05) is 5.73 Å². The summed E-state index contributed by atoms with van der Waals surface area (Å²) in [6, 6.07) is 16.0. The van der Waals surface area contributed by atoms with E-state index < -0.39 is 0 Å². The zero-order chi connectivity index (χ0) is 18.9. The molecule has 2 aromatic rings. The SMILES string of the molecule is CC(CCc1ccc(OC(C)C)cc1)NC(=O)CCc1ccccc1N.Cl. The molecule has 0 bridgehead atoms. The summed E-state index contributed by atoms with van der Waals surface area (Å²) >= 11 is 0. The average Bonchev–Trinajstić information content (AvgIpc) is 2.60. The second-order valence-corrected chi connectivity index (χ2v) is 7.02. The van der Waals surface area contributed by atoms with E-state index in [1.54, 1.807) is 0 Å². The number of carbonyl (C=O) groups excluding carboxylic acids is 1. The Labute approximate surface area is 168 Å². The van der Waals surface area contributed by atoms with E-state index in [4.69, 9.17) is 10.5 Å². The number of hydrogen-bond acceptors (Lipinski definition) is 3. The van der Waals surface area contributed by atoms with Gasteiger partial charge >= 0.3 is 0 Å². The molecule has 0 heterocycles. The van der Waals surface area contributed by atoms with Gasteiger partial charge in [0.2, 0.25) is 5.91 Å². The molecular weight excluding hydrogens is 360 g/mol. The minimum atomic E-state index is 0. The highest BCUT2D eigenvalue weighted by Gasteiger charge is 2.09. The van der Waals surface area contributed by atoms with E-state index in [2.05, 4.69) is 17.4 Å². The van der Waals surface area contributed by atoms with Gasteiger partial charge in [0.1, 0.15) is 5.75 Å². The number of ether oxygens (including phenoxy) is 1. The Kier molecular flexibility index (Phi) is 9.73. The number of amides is 1. The van der Waals surface area contributed by atoms with Gasteiger partial charge in [-0.1, -0.05) is 30.3 Å². The summed E-state index contributed by atoms with van der Waals surface area (Å²) < 4.78 is 5.65. The Hall–Kier alpha value is -2.20. The number of anilines is 1. The largest absolute Gasteiger partial charge is 0.491 e. The van der Waals surface area contributed by atoms with Gasteiger partial charge in [-0.25, -0.2) is 0 Å². The van der Waals surface area contributed by atoms with E-state index in [-0.39, 0.29) is 30.5 Å². The van der Waals surface area contributed by atoms with E-state index in [0.29, 0.717) is 12.8 Å². The van der Waals surface area contributed by atoms with Gasteiger partial charge in [-0.15, -0.1) is 12.4 Å². The molecule has 0 aliphatic carbocycles. The smallest absolute Gasteiger partial charge is 0.220 e. The Bertz CT molecular complexity index is 702. The van der Waals surface area contributed by atoms with Crippen LogP contribution in [0, 0.1) is 0 Å². The number of nitrogens with one attached hydrogen (secondary N) is 1. The fraction of sp³-hybridized carbons (Fsp3) is 0.409. The molecule has 2 rings (SSSR count). The highest BCUT2D eigenvalue weighted by molar-refractivity contribution is 5.85. The maximum Gasteiger partial charge on any atom is 0.220 e. The molecule has 2 aromatic carbocycles. The third-order valence-corrected chi connectivity index (χ3v) is 4.25. The van der Waals surface area contributed by atoms with Crippen molar-refractivity contribution in [2.45, 2.75) is 58.6 Å². The van der Waals surface area contributed by atoms with Gasteiger partial charge < -0.3 is 15.8 Å². The zero-order valence-corrected chi connectivity index (χ0v) is 17.2. The lowest BCUT2D eigenvalue weighted by atomic mass is 10.0. The monoisotopic (exact) mass is 390 g/mol. The molecule has 5 heteroatoms. The first-order valence-electron chi connectivity index (χ1n) is 9.32. The number of carbonyl (C=O) groups is 1. The molecule has 4 nitrogen and oxygen atoms in total. The molecule has 27 heavy (non-hydrogen) atoms. The number of hydrogen-bond donors (Lipinski definition) is 2. The number of halogens is 1. The van der Waals surface area contributed by atoms with Gasteiger partial charge in [-0.2, -0.15) is 0 Å². The first-order valence-corrected chi connectivity index (χ1v) is 9.32. The van der Waals surface area contributed by atoms with Gasteiger partial charge in [0.05, 0.1) is 6.10 Å². The number of nitrogen functional groups attached to an aromatic ring is 1. The number of benzene rings is 2. The predicted molar refractivity (Wildman–Crippen MR) is 115 cm³/mol. The van der Waals surface area contributed by atoms with E-state index in [9.17, 15) is 4.79 Å². The van der Waals surface area contributed by atoms with Crippen LogP contribution >= 0.6 is 12.4 Å². The maximum atomic E-state index is 12.1. The predicted octanol–water partition coefficient (Wildman–Crippen LogP) is 4.55. The summed E-state index contributed by atoms with van der Waals surface area (Å²) in [6.07, 6.45) is 3.14. The topological polar surface area (TPSA) is 64.3 Å². The van der Waals surface area contributed by atoms with Gasteiger partial charge in [-0.05, 0) is 69.4 Å². The molecule has 0 spiro atoms. The molecular formula is C22H31ClN2O2. The lowest BCUT2D eigenvalue weighted by molar-refractivity contribution is -0.121. The van der Waals surface area contributed by atoms with Crippen LogP contribution in [0.5, 0.6) is 5.75 Å². The van der Waals surface area contributed by atoms with Gasteiger partial charge in [0.15, 0.2) is 0 Å². The molecule has 1 unspecified atom stereocenters. The molecule has 1 amide bonds. The molecule has 148 valence electrons. The summed E-state index contributed by atoms with van der Waals surface area (Å²) in [7, 11) is 0. The number of para-hydroxylation sites is 1. The molecule has 0 aliphatic rings. The standard InChI is InChI=1S/C22H30N2O2.ClH/c1-16(2)26-20-13-10-18(11-14-20)9-8-17(3)24-22(25)15-12-19-6-4-5-7-21(19)23;/h4-7,10-11,13-14,16-17H,8-9,12,15,23H2,1-3H3,(H,24,25);1H. The normalized spacial score (nSPS) is 11.6. The van der Waals surface area contributed by atoms with Crippen LogP contribution in [0.3, 0.4) is 0 Å². The van der Waals surface area contributed by atoms with Crippen LogP contribution in [0.4, 0.5) is 5.69 Å². The molecule has 1 atom stereocenters.